The van der Waals surface area contributed by atoms with Crippen molar-refractivity contribution < 1.29 is 4.79 Å². The number of nitrogens with zero attached hydrogens (tertiary/aromatic N) is 1. The number of hydrogen-bond donors (Lipinski definition) is 1. The number of ketones is 1. The van der Waals surface area contributed by atoms with Gasteiger partial charge in [-0.25, -0.2) is 4.98 Å². The Labute approximate surface area is 145 Å². The third-order valence-electron chi connectivity index (χ3n) is 4.73. The Hall–Kier alpha value is -2.39. The predicted molar refractivity (Wildman–Crippen MR) is 98.0 cm³/mol. The van der Waals surface area contributed by atoms with E-state index in [2.05, 4.69) is 42.3 Å². The molecule has 0 fully saturated rings. The van der Waals surface area contributed by atoms with E-state index in [-0.39, 0.29) is 11.8 Å². The second-order valence-corrected chi connectivity index (χ2v) is 6.73. The Morgan fingerprint density at radius 2 is 1.88 bits per heavy atom. The van der Waals surface area contributed by atoms with Crippen LogP contribution in [-0.4, -0.2) is 10.8 Å². The highest BCUT2D eigenvalue weighted by atomic mass is 35.5. The first kappa shape index (κ1) is 15.2. The summed E-state index contributed by atoms with van der Waals surface area (Å²) in [4.78, 5) is 17.0. The van der Waals surface area contributed by atoms with E-state index in [1.807, 2.05) is 24.3 Å². The van der Waals surface area contributed by atoms with Crippen LogP contribution in [0.4, 0.5) is 5.69 Å². The van der Waals surface area contributed by atoms with Crippen LogP contribution in [0.3, 0.4) is 0 Å². The number of hydrogen-bond acceptors (Lipinski definition) is 3. The number of para-hydroxylation sites is 1. The Kier molecular flexibility index (Phi) is 3.54. The number of pyridine rings is 1. The number of anilines is 1. The second-order valence-electron chi connectivity index (χ2n) is 6.37. The topological polar surface area (TPSA) is 42.0 Å². The molecule has 0 spiro atoms. The number of benzene rings is 2. The molecule has 3 aromatic rings. The van der Waals surface area contributed by atoms with Gasteiger partial charge in [-0.1, -0.05) is 23.7 Å². The van der Waals surface area contributed by atoms with E-state index in [0.717, 1.165) is 27.7 Å². The highest BCUT2D eigenvalue weighted by Crippen LogP contribution is 2.36. The summed E-state index contributed by atoms with van der Waals surface area (Å²) in [6.07, 6.45) is 0.384. The molecule has 1 aliphatic rings. The van der Waals surface area contributed by atoms with Gasteiger partial charge in [-0.2, -0.15) is 0 Å². The summed E-state index contributed by atoms with van der Waals surface area (Å²) in [7, 11) is 0. The molecule has 0 amide bonds. The molecule has 1 aromatic heterocycles. The van der Waals surface area contributed by atoms with E-state index in [4.69, 9.17) is 11.6 Å². The second kappa shape index (κ2) is 5.60. The molecule has 1 atom stereocenters. The van der Waals surface area contributed by atoms with Gasteiger partial charge in [0.15, 0.2) is 5.78 Å². The Morgan fingerprint density at radius 1 is 1.12 bits per heavy atom. The van der Waals surface area contributed by atoms with Gasteiger partial charge in [0.05, 0.1) is 11.6 Å². The van der Waals surface area contributed by atoms with E-state index in [1.54, 1.807) is 0 Å². The van der Waals surface area contributed by atoms with Gasteiger partial charge < -0.3 is 5.32 Å². The Balaban J connectivity index is 1.81. The van der Waals surface area contributed by atoms with E-state index in [0.29, 0.717) is 11.6 Å². The first-order valence-corrected chi connectivity index (χ1v) is 8.37. The van der Waals surface area contributed by atoms with Crippen molar-refractivity contribution in [3.63, 3.8) is 0 Å². The van der Waals surface area contributed by atoms with Crippen LogP contribution in [0, 0.1) is 13.8 Å². The Bertz CT molecular complexity index is 981. The van der Waals surface area contributed by atoms with E-state index >= 15 is 0 Å². The number of Topliss-reactive ketones (excluding diaryl/α,β-unsaturated/α-hetero) is 1. The van der Waals surface area contributed by atoms with Gasteiger partial charge in [0.1, 0.15) is 5.15 Å². The summed E-state index contributed by atoms with van der Waals surface area (Å²) in [6.45, 7) is 4.15. The molecule has 2 aromatic carbocycles. The minimum absolute atomic E-state index is 0.130. The SMILES string of the molecule is Cc1cc2cc(C3CC(=O)c4ccccc4N3)c(Cl)nc2cc1C. The van der Waals surface area contributed by atoms with Crippen LogP contribution in [0.2, 0.25) is 5.15 Å². The molecular formula is C20H17ClN2O. The lowest BCUT2D eigenvalue weighted by Crippen LogP contribution is -2.23. The number of fused-ring (bicyclic) bond motifs is 2. The van der Waals surface area contributed by atoms with E-state index in [1.165, 1.54) is 11.1 Å². The number of aromatic nitrogens is 1. The van der Waals surface area contributed by atoms with Crippen LogP contribution in [0.15, 0.2) is 42.5 Å². The molecule has 1 N–H and O–H groups in total. The first-order valence-electron chi connectivity index (χ1n) is 7.99. The standard InChI is InChI=1S/C20H17ClN2O/c1-11-7-13-9-15(20(21)23-17(13)8-12(11)2)18-10-19(24)14-5-3-4-6-16(14)22-18/h3-9,18,22H,10H2,1-2H3. The molecule has 3 nitrogen and oxygen atoms in total. The number of carbonyl (C=O) groups excluding carboxylic acids is 1. The first-order chi connectivity index (χ1) is 11.5. The molecule has 0 saturated heterocycles. The van der Waals surface area contributed by atoms with Crippen molar-refractivity contribution in [2.45, 2.75) is 26.3 Å². The zero-order chi connectivity index (χ0) is 16.8. The van der Waals surface area contributed by atoms with Gasteiger partial charge in [0, 0.05) is 28.6 Å². The van der Waals surface area contributed by atoms with Gasteiger partial charge in [-0.3, -0.25) is 4.79 Å². The Morgan fingerprint density at radius 3 is 2.71 bits per heavy atom. The molecule has 0 radical (unpaired) electrons. The smallest absolute Gasteiger partial charge is 0.167 e. The number of nitrogens with one attached hydrogen (secondary N) is 1. The van der Waals surface area contributed by atoms with Gasteiger partial charge in [-0.05, 0) is 55.3 Å². The van der Waals surface area contributed by atoms with Crippen molar-refractivity contribution in [2.24, 2.45) is 0 Å². The maximum atomic E-state index is 12.4. The van der Waals surface area contributed by atoms with Gasteiger partial charge in [0.25, 0.3) is 0 Å². The van der Waals surface area contributed by atoms with Gasteiger partial charge in [0.2, 0.25) is 0 Å². The highest BCUT2D eigenvalue weighted by molar-refractivity contribution is 6.30. The normalized spacial score (nSPS) is 16.8. The molecule has 0 bridgehead atoms. The van der Waals surface area contributed by atoms with Crippen LogP contribution >= 0.6 is 11.6 Å². The summed E-state index contributed by atoms with van der Waals surface area (Å²) in [5, 5.41) is 4.93. The van der Waals surface area contributed by atoms with Crippen molar-refractivity contribution in [2.75, 3.05) is 5.32 Å². The lowest BCUT2D eigenvalue weighted by molar-refractivity contribution is 0.0972. The predicted octanol–water partition coefficient (Wildman–Crippen LogP) is 5.24. The third-order valence-corrected chi connectivity index (χ3v) is 5.04. The van der Waals surface area contributed by atoms with Crippen LogP contribution in [-0.2, 0) is 0 Å². The maximum Gasteiger partial charge on any atom is 0.167 e. The molecule has 1 aliphatic heterocycles. The molecule has 1 unspecified atom stereocenters. The fraction of sp³-hybridized carbons (Fsp3) is 0.200. The number of aryl methyl sites for hydroxylation is 2. The van der Waals surface area contributed by atoms with Crippen molar-refractivity contribution in [3.8, 4) is 0 Å². The third kappa shape index (κ3) is 2.45. The lowest BCUT2D eigenvalue weighted by atomic mass is 9.92. The molecule has 0 aliphatic carbocycles. The molecule has 2 heterocycles. The number of carbonyl (C=O) groups is 1. The monoisotopic (exact) mass is 336 g/mol. The minimum Gasteiger partial charge on any atom is -0.377 e. The van der Waals surface area contributed by atoms with Crippen molar-refractivity contribution >= 4 is 34.0 Å². The summed E-state index contributed by atoms with van der Waals surface area (Å²) in [6, 6.07) is 13.7. The van der Waals surface area contributed by atoms with E-state index < -0.39 is 0 Å². The average molecular weight is 337 g/mol. The quantitative estimate of drug-likeness (QED) is 0.617. The van der Waals surface area contributed by atoms with Crippen molar-refractivity contribution in [1.82, 2.24) is 4.98 Å². The fourth-order valence-electron chi connectivity index (χ4n) is 3.25. The zero-order valence-corrected chi connectivity index (χ0v) is 14.3. The van der Waals surface area contributed by atoms with Gasteiger partial charge >= 0.3 is 0 Å². The van der Waals surface area contributed by atoms with E-state index in [9.17, 15) is 4.79 Å². The molecule has 24 heavy (non-hydrogen) atoms. The minimum atomic E-state index is -0.154. The fourth-order valence-corrected chi connectivity index (χ4v) is 3.53. The lowest BCUT2D eigenvalue weighted by Gasteiger charge is -2.27. The number of rotatable bonds is 1. The summed E-state index contributed by atoms with van der Waals surface area (Å²) >= 11 is 6.44. The maximum absolute atomic E-state index is 12.4. The van der Waals surface area contributed by atoms with Crippen LogP contribution in [0.1, 0.15) is 39.5 Å². The van der Waals surface area contributed by atoms with Crippen molar-refractivity contribution in [1.29, 1.82) is 0 Å². The number of halogens is 1. The summed E-state index contributed by atoms with van der Waals surface area (Å²) < 4.78 is 0. The molecule has 0 saturated carbocycles. The average Bonchev–Trinajstić information content (AvgIpc) is 2.56. The molecular weight excluding hydrogens is 320 g/mol. The van der Waals surface area contributed by atoms with Crippen LogP contribution in [0.5, 0.6) is 0 Å². The highest BCUT2D eigenvalue weighted by Gasteiger charge is 2.27. The largest absolute Gasteiger partial charge is 0.377 e. The summed E-state index contributed by atoms with van der Waals surface area (Å²) in [5.41, 5.74) is 5.76. The van der Waals surface area contributed by atoms with Crippen LogP contribution < -0.4 is 5.32 Å². The molecule has 120 valence electrons. The molecule has 4 rings (SSSR count). The van der Waals surface area contributed by atoms with Gasteiger partial charge in [-0.15, -0.1) is 0 Å². The van der Waals surface area contributed by atoms with Crippen molar-refractivity contribution in [3.05, 3.63) is 69.9 Å². The molecule has 4 heteroatoms. The van der Waals surface area contributed by atoms with Crippen LogP contribution in [0.25, 0.3) is 10.9 Å². The zero-order valence-electron chi connectivity index (χ0n) is 13.6. The summed E-state index contributed by atoms with van der Waals surface area (Å²) in [5.74, 6) is 0.130.